The molecule has 27 heavy (non-hydrogen) atoms. The third-order valence-electron chi connectivity index (χ3n) is 5.24. The Balaban J connectivity index is 1.63. The summed E-state index contributed by atoms with van der Waals surface area (Å²) in [5, 5.41) is 12.5. The predicted octanol–water partition coefficient (Wildman–Crippen LogP) is -0.226. The Morgan fingerprint density at radius 2 is 2.00 bits per heavy atom. The smallest absolute Gasteiger partial charge is 0.330 e. The van der Waals surface area contributed by atoms with Crippen LogP contribution in [0.3, 0.4) is 0 Å². The lowest BCUT2D eigenvalue weighted by atomic mass is 9.95. The van der Waals surface area contributed by atoms with Gasteiger partial charge in [0.2, 0.25) is 5.91 Å². The minimum absolute atomic E-state index is 0.0329. The summed E-state index contributed by atoms with van der Waals surface area (Å²) in [5.74, 6) is 0.300. The molecule has 2 aliphatic heterocycles. The molecule has 1 aromatic rings. The minimum atomic E-state index is -1.44. The number of nitrogens with one attached hydrogen (secondary N) is 1. The molecule has 0 aromatic carbocycles. The van der Waals surface area contributed by atoms with E-state index in [0.717, 1.165) is 5.69 Å². The highest BCUT2D eigenvalue weighted by Gasteiger charge is 2.40. The van der Waals surface area contributed by atoms with Gasteiger partial charge in [0.25, 0.3) is 0 Å². The van der Waals surface area contributed by atoms with E-state index in [1.165, 1.54) is 13.8 Å². The zero-order valence-corrected chi connectivity index (χ0v) is 15.8. The largest absolute Gasteiger partial charge is 0.388 e. The molecule has 2 aliphatic rings. The maximum Gasteiger partial charge on any atom is 0.330 e. The molecule has 4 amide bonds. The number of carbonyl (C=O) groups is 3. The number of imidazole rings is 1. The van der Waals surface area contributed by atoms with E-state index in [1.807, 2.05) is 4.90 Å². The van der Waals surface area contributed by atoms with Crippen LogP contribution in [0, 0.1) is 6.92 Å². The Morgan fingerprint density at radius 3 is 2.52 bits per heavy atom. The van der Waals surface area contributed by atoms with Gasteiger partial charge in [-0.05, 0) is 33.6 Å². The number of carbonyl (C=O) groups excluding carboxylic acids is 3. The van der Waals surface area contributed by atoms with Gasteiger partial charge in [-0.3, -0.25) is 9.36 Å². The SMILES string of the molecule is Cc1ncc2n1C(=O)N(C1CCN(C(=O)C(NC(N)=O)C(C)(C)O)CC1)C2. The first-order valence-electron chi connectivity index (χ1n) is 9.01. The van der Waals surface area contributed by atoms with Gasteiger partial charge in [0.05, 0.1) is 24.0 Å². The highest BCUT2D eigenvalue weighted by atomic mass is 16.3. The van der Waals surface area contributed by atoms with Crippen LogP contribution in [-0.2, 0) is 11.3 Å². The number of hydrogen-bond donors (Lipinski definition) is 3. The summed E-state index contributed by atoms with van der Waals surface area (Å²) >= 11 is 0. The number of nitrogens with two attached hydrogens (primary N) is 1. The van der Waals surface area contributed by atoms with Crippen LogP contribution in [-0.4, -0.2) is 73.2 Å². The number of aryl methyl sites for hydroxylation is 1. The van der Waals surface area contributed by atoms with Gasteiger partial charge in [0, 0.05) is 19.1 Å². The van der Waals surface area contributed by atoms with E-state index in [0.29, 0.717) is 38.3 Å². The topological polar surface area (TPSA) is 134 Å². The van der Waals surface area contributed by atoms with E-state index in [2.05, 4.69) is 10.3 Å². The molecule has 1 unspecified atom stereocenters. The fourth-order valence-electron chi connectivity index (χ4n) is 3.78. The summed E-state index contributed by atoms with van der Waals surface area (Å²) in [6, 6.07) is -2.02. The molecule has 0 radical (unpaired) electrons. The van der Waals surface area contributed by atoms with E-state index in [9.17, 15) is 19.5 Å². The molecule has 3 rings (SSSR count). The van der Waals surface area contributed by atoms with E-state index in [1.54, 1.807) is 22.6 Å². The van der Waals surface area contributed by atoms with Gasteiger partial charge in [-0.1, -0.05) is 0 Å². The Kier molecular flexibility index (Phi) is 4.85. The Bertz CT molecular complexity index is 760. The lowest BCUT2D eigenvalue weighted by Crippen LogP contribution is -2.61. The maximum atomic E-state index is 12.8. The predicted molar refractivity (Wildman–Crippen MR) is 95.7 cm³/mol. The van der Waals surface area contributed by atoms with Gasteiger partial charge in [-0.25, -0.2) is 14.6 Å². The summed E-state index contributed by atoms with van der Waals surface area (Å²) in [6.07, 6.45) is 2.98. The molecule has 0 saturated carbocycles. The maximum absolute atomic E-state index is 12.8. The van der Waals surface area contributed by atoms with Gasteiger partial charge in [-0.15, -0.1) is 0 Å². The highest BCUT2D eigenvalue weighted by Crippen LogP contribution is 2.26. The second-order valence-corrected chi connectivity index (χ2v) is 7.69. The number of likely N-dealkylation sites (tertiary alicyclic amines) is 1. The number of nitrogens with zero attached hydrogens (tertiary/aromatic N) is 4. The average molecular weight is 378 g/mol. The molecular formula is C17H26N6O4. The zero-order chi connectivity index (χ0) is 19.9. The van der Waals surface area contributed by atoms with Crippen LogP contribution < -0.4 is 11.1 Å². The van der Waals surface area contributed by atoms with Gasteiger partial charge >= 0.3 is 12.1 Å². The van der Waals surface area contributed by atoms with Crippen molar-refractivity contribution >= 4 is 18.0 Å². The average Bonchev–Trinajstić information content (AvgIpc) is 3.12. The monoisotopic (exact) mass is 378 g/mol. The number of primary amides is 1. The molecule has 1 aromatic heterocycles. The van der Waals surface area contributed by atoms with Gasteiger partial charge in [0.1, 0.15) is 11.9 Å². The molecule has 4 N–H and O–H groups in total. The molecule has 10 heteroatoms. The lowest BCUT2D eigenvalue weighted by Gasteiger charge is -2.39. The van der Waals surface area contributed by atoms with Crippen molar-refractivity contribution in [3.8, 4) is 0 Å². The van der Waals surface area contributed by atoms with E-state index in [-0.39, 0.29) is 18.0 Å². The van der Waals surface area contributed by atoms with Crippen molar-refractivity contribution in [2.75, 3.05) is 13.1 Å². The van der Waals surface area contributed by atoms with Crippen molar-refractivity contribution in [2.45, 2.75) is 57.8 Å². The number of hydrogen-bond acceptors (Lipinski definition) is 5. The van der Waals surface area contributed by atoms with Crippen LogP contribution >= 0.6 is 0 Å². The van der Waals surface area contributed by atoms with E-state index in [4.69, 9.17) is 5.73 Å². The highest BCUT2D eigenvalue weighted by molar-refractivity contribution is 5.88. The number of rotatable bonds is 4. The normalized spacial score (nSPS) is 19.2. The second-order valence-electron chi connectivity index (χ2n) is 7.69. The van der Waals surface area contributed by atoms with Crippen molar-refractivity contribution in [3.63, 3.8) is 0 Å². The number of amides is 4. The molecule has 1 atom stereocenters. The van der Waals surface area contributed by atoms with Crippen molar-refractivity contribution in [3.05, 3.63) is 17.7 Å². The van der Waals surface area contributed by atoms with Crippen LogP contribution in [0.25, 0.3) is 0 Å². The lowest BCUT2D eigenvalue weighted by molar-refractivity contribution is -0.140. The summed E-state index contributed by atoms with van der Waals surface area (Å²) in [7, 11) is 0. The summed E-state index contributed by atoms with van der Waals surface area (Å²) in [6.45, 7) is 6.10. The van der Waals surface area contributed by atoms with Gasteiger partial charge in [0.15, 0.2) is 0 Å². The van der Waals surface area contributed by atoms with Crippen molar-refractivity contribution in [2.24, 2.45) is 5.73 Å². The Morgan fingerprint density at radius 1 is 1.37 bits per heavy atom. The first kappa shape index (κ1) is 19.2. The minimum Gasteiger partial charge on any atom is -0.388 e. The fraction of sp³-hybridized carbons (Fsp3) is 0.647. The van der Waals surface area contributed by atoms with Gasteiger partial charge in [-0.2, -0.15) is 0 Å². The van der Waals surface area contributed by atoms with Gasteiger partial charge < -0.3 is 26.0 Å². The Labute approximate surface area is 157 Å². The Hall–Kier alpha value is -2.62. The third kappa shape index (κ3) is 3.61. The number of aliphatic hydroxyl groups is 1. The molecule has 10 nitrogen and oxygen atoms in total. The summed E-state index contributed by atoms with van der Waals surface area (Å²) < 4.78 is 1.62. The third-order valence-corrected chi connectivity index (χ3v) is 5.24. The first-order valence-corrected chi connectivity index (χ1v) is 9.01. The quantitative estimate of drug-likeness (QED) is 0.666. The molecule has 0 spiro atoms. The second kappa shape index (κ2) is 6.84. The summed E-state index contributed by atoms with van der Waals surface area (Å²) in [5.41, 5.74) is 4.57. The number of piperidine rings is 1. The van der Waals surface area contributed by atoms with Crippen molar-refractivity contribution in [1.82, 2.24) is 24.7 Å². The van der Waals surface area contributed by atoms with Crippen LogP contribution in [0.15, 0.2) is 6.20 Å². The fourth-order valence-corrected chi connectivity index (χ4v) is 3.78. The zero-order valence-electron chi connectivity index (χ0n) is 15.8. The van der Waals surface area contributed by atoms with Crippen molar-refractivity contribution in [1.29, 1.82) is 0 Å². The molecule has 3 heterocycles. The van der Waals surface area contributed by atoms with E-state index >= 15 is 0 Å². The molecule has 0 aliphatic carbocycles. The van der Waals surface area contributed by atoms with Crippen LogP contribution in [0.1, 0.15) is 38.2 Å². The first-order chi connectivity index (χ1) is 12.6. The number of fused-ring (bicyclic) bond motifs is 1. The van der Waals surface area contributed by atoms with Crippen LogP contribution in [0.4, 0.5) is 9.59 Å². The molecule has 1 saturated heterocycles. The van der Waals surface area contributed by atoms with Crippen molar-refractivity contribution < 1.29 is 19.5 Å². The number of urea groups is 1. The summed E-state index contributed by atoms with van der Waals surface area (Å²) in [4.78, 5) is 44.2. The standard InChI is InChI=1S/C17H26N6O4/c1-10-19-8-12-9-22(16(26)23(10)12)11-4-6-21(7-5-11)14(24)13(17(2,3)27)20-15(18)25/h8,11,13,27H,4-7,9H2,1-3H3,(H3,18,20,25). The molecule has 148 valence electrons. The number of aromatic nitrogens is 2. The molecule has 1 fully saturated rings. The molecular weight excluding hydrogens is 352 g/mol. The van der Waals surface area contributed by atoms with Crippen LogP contribution in [0.2, 0.25) is 0 Å². The van der Waals surface area contributed by atoms with Crippen LogP contribution in [0.5, 0.6) is 0 Å². The molecule has 0 bridgehead atoms. The van der Waals surface area contributed by atoms with E-state index < -0.39 is 17.7 Å².